The smallest absolute Gasteiger partial charge is 0.295 e. The zero-order valence-electron chi connectivity index (χ0n) is 18.0. The van der Waals surface area contributed by atoms with Crippen LogP contribution in [0.15, 0.2) is 65.6 Å². The van der Waals surface area contributed by atoms with Gasteiger partial charge < -0.3 is 19.5 Å². The molecule has 7 heteroatoms. The molecule has 1 amide bonds. The van der Waals surface area contributed by atoms with Crippen molar-refractivity contribution in [2.45, 2.75) is 19.5 Å². The summed E-state index contributed by atoms with van der Waals surface area (Å²) in [5, 5.41) is 13.3. The number of likely N-dealkylation sites (tertiary alicyclic amines) is 1. The molecular weight excluding hydrogens is 426 g/mol. The van der Waals surface area contributed by atoms with E-state index in [0.717, 1.165) is 16.0 Å². The summed E-state index contributed by atoms with van der Waals surface area (Å²) in [6.45, 7) is 2.19. The molecule has 1 aliphatic heterocycles. The second kappa shape index (κ2) is 8.88. The molecule has 4 rings (SSSR count). The van der Waals surface area contributed by atoms with E-state index in [4.69, 9.17) is 9.47 Å². The molecule has 1 atom stereocenters. The van der Waals surface area contributed by atoms with Crippen molar-refractivity contribution in [2.24, 2.45) is 0 Å². The Labute approximate surface area is 190 Å². The number of aliphatic hydroxyl groups is 1. The summed E-state index contributed by atoms with van der Waals surface area (Å²) < 4.78 is 10.7. The minimum atomic E-state index is -0.728. The SMILES string of the molecule is COc1ccc(OC)c(/C(O)=C2\C(=O)C(=O)N(Cc3cccs3)C2c2ccccc2C)c1. The zero-order valence-corrected chi connectivity index (χ0v) is 18.8. The van der Waals surface area contributed by atoms with Crippen molar-refractivity contribution in [1.29, 1.82) is 0 Å². The number of hydrogen-bond acceptors (Lipinski definition) is 6. The molecule has 0 saturated carbocycles. The van der Waals surface area contributed by atoms with Gasteiger partial charge in [-0.2, -0.15) is 0 Å². The molecule has 0 radical (unpaired) electrons. The molecule has 6 nitrogen and oxygen atoms in total. The summed E-state index contributed by atoms with van der Waals surface area (Å²) in [6.07, 6.45) is 0. The second-order valence-corrected chi connectivity index (χ2v) is 8.46. The Kier molecular flexibility index (Phi) is 6.01. The van der Waals surface area contributed by atoms with Crippen LogP contribution in [0.1, 0.15) is 27.6 Å². The Balaban J connectivity index is 1.94. The van der Waals surface area contributed by atoms with E-state index in [1.807, 2.05) is 48.7 Å². The summed E-state index contributed by atoms with van der Waals surface area (Å²) in [7, 11) is 2.99. The standard InChI is InChI=1S/C25H23NO5S/c1-15-7-4-5-9-18(15)22-21(23(27)19-13-16(30-2)10-11-20(19)31-3)24(28)25(29)26(22)14-17-8-6-12-32-17/h4-13,22,27H,14H2,1-3H3/b23-21+. The second-order valence-electron chi connectivity index (χ2n) is 7.43. The van der Waals surface area contributed by atoms with Gasteiger partial charge in [0.05, 0.1) is 37.9 Å². The van der Waals surface area contributed by atoms with Crippen molar-refractivity contribution >= 4 is 28.8 Å². The van der Waals surface area contributed by atoms with Gasteiger partial charge in [0.2, 0.25) is 0 Å². The van der Waals surface area contributed by atoms with Gasteiger partial charge in [-0.25, -0.2) is 0 Å². The molecule has 1 aromatic heterocycles. The molecule has 2 aromatic carbocycles. The molecule has 164 valence electrons. The van der Waals surface area contributed by atoms with Crippen LogP contribution < -0.4 is 9.47 Å². The maximum Gasteiger partial charge on any atom is 0.295 e. The lowest BCUT2D eigenvalue weighted by atomic mass is 9.92. The van der Waals surface area contributed by atoms with Crippen LogP contribution in [0.3, 0.4) is 0 Å². The van der Waals surface area contributed by atoms with Crippen LogP contribution in [-0.2, 0) is 16.1 Å². The number of hydrogen-bond donors (Lipinski definition) is 1. The number of aryl methyl sites for hydroxylation is 1. The summed E-state index contributed by atoms with van der Waals surface area (Å²) >= 11 is 1.51. The lowest BCUT2D eigenvalue weighted by Gasteiger charge is -2.26. The Hall–Kier alpha value is -3.58. The van der Waals surface area contributed by atoms with E-state index in [1.165, 1.54) is 30.5 Å². The van der Waals surface area contributed by atoms with Gasteiger partial charge in [0, 0.05) is 4.88 Å². The zero-order chi connectivity index (χ0) is 22.8. The normalized spacial score (nSPS) is 17.6. The Morgan fingerprint density at radius 1 is 1.06 bits per heavy atom. The first-order valence-electron chi connectivity index (χ1n) is 10.0. The largest absolute Gasteiger partial charge is 0.507 e. The minimum Gasteiger partial charge on any atom is -0.507 e. The Bertz CT molecular complexity index is 1200. The number of carbonyl (C=O) groups is 2. The number of methoxy groups -OCH3 is 2. The minimum absolute atomic E-state index is 0.0346. The van der Waals surface area contributed by atoms with Gasteiger partial charge in [0.1, 0.15) is 17.3 Å². The number of thiophene rings is 1. The third kappa shape index (κ3) is 3.76. The molecule has 1 N–H and O–H groups in total. The fourth-order valence-corrected chi connectivity index (χ4v) is 4.68. The number of amides is 1. The summed E-state index contributed by atoms with van der Waals surface area (Å²) in [6, 6.07) is 15.6. The maximum absolute atomic E-state index is 13.2. The molecule has 1 aliphatic rings. The number of ketones is 1. The van der Waals surface area contributed by atoms with E-state index in [0.29, 0.717) is 17.1 Å². The van der Waals surface area contributed by atoms with Crippen LogP contribution in [-0.4, -0.2) is 35.9 Å². The highest BCUT2D eigenvalue weighted by molar-refractivity contribution is 7.09. The van der Waals surface area contributed by atoms with Crippen molar-refractivity contribution in [3.63, 3.8) is 0 Å². The molecular formula is C25H23NO5S. The predicted octanol–water partition coefficient (Wildman–Crippen LogP) is 4.70. The summed E-state index contributed by atoms with van der Waals surface area (Å²) in [4.78, 5) is 28.8. The quantitative estimate of drug-likeness (QED) is 0.336. The maximum atomic E-state index is 13.2. The third-order valence-corrected chi connectivity index (χ3v) is 6.45. The molecule has 1 saturated heterocycles. The number of carbonyl (C=O) groups excluding carboxylic acids is 2. The molecule has 2 heterocycles. The van der Waals surface area contributed by atoms with E-state index in [2.05, 4.69) is 0 Å². The van der Waals surface area contributed by atoms with Crippen molar-refractivity contribution in [3.8, 4) is 11.5 Å². The van der Waals surface area contributed by atoms with Crippen LogP contribution in [0.4, 0.5) is 0 Å². The molecule has 3 aromatic rings. The Morgan fingerprint density at radius 2 is 1.84 bits per heavy atom. The molecule has 0 aliphatic carbocycles. The monoisotopic (exact) mass is 449 g/mol. The number of rotatable bonds is 6. The third-order valence-electron chi connectivity index (χ3n) is 5.59. The average Bonchev–Trinajstić information content (AvgIpc) is 3.41. The average molecular weight is 450 g/mol. The molecule has 0 bridgehead atoms. The van der Waals surface area contributed by atoms with E-state index < -0.39 is 17.7 Å². The van der Waals surface area contributed by atoms with E-state index >= 15 is 0 Å². The van der Waals surface area contributed by atoms with Gasteiger partial charge >= 0.3 is 0 Å². The van der Waals surface area contributed by atoms with Crippen LogP contribution in [0, 0.1) is 6.92 Å². The van der Waals surface area contributed by atoms with E-state index in [1.54, 1.807) is 18.2 Å². The fourth-order valence-electron chi connectivity index (χ4n) is 3.97. The van der Waals surface area contributed by atoms with Gasteiger partial charge in [-0.15, -0.1) is 11.3 Å². The summed E-state index contributed by atoms with van der Waals surface area (Å²) in [5.41, 5.74) is 2.03. The lowest BCUT2D eigenvalue weighted by Crippen LogP contribution is -2.29. The van der Waals surface area contributed by atoms with Gasteiger partial charge in [0.25, 0.3) is 11.7 Å². The van der Waals surface area contributed by atoms with Crippen LogP contribution in [0.25, 0.3) is 5.76 Å². The molecule has 32 heavy (non-hydrogen) atoms. The first-order valence-corrected chi connectivity index (χ1v) is 10.9. The van der Waals surface area contributed by atoms with Crippen molar-refractivity contribution < 1.29 is 24.2 Å². The van der Waals surface area contributed by atoms with Crippen LogP contribution in [0.5, 0.6) is 11.5 Å². The highest BCUT2D eigenvalue weighted by atomic mass is 32.1. The first kappa shape index (κ1) is 21.6. The van der Waals surface area contributed by atoms with Crippen molar-refractivity contribution in [3.05, 3.63) is 87.1 Å². The van der Waals surface area contributed by atoms with Crippen LogP contribution in [0.2, 0.25) is 0 Å². The number of aliphatic hydroxyl groups excluding tert-OH is 1. The molecule has 0 spiro atoms. The predicted molar refractivity (Wildman–Crippen MR) is 123 cm³/mol. The molecule has 1 fully saturated rings. The number of benzene rings is 2. The number of ether oxygens (including phenoxy) is 2. The Morgan fingerprint density at radius 3 is 2.50 bits per heavy atom. The van der Waals surface area contributed by atoms with Crippen LogP contribution >= 0.6 is 11.3 Å². The number of Topliss-reactive ketones (excluding diaryl/α,β-unsaturated/α-hetero) is 1. The number of nitrogens with zero attached hydrogens (tertiary/aromatic N) is 1. The van der Waals surface area contributed by atoms with Gasteiger partial charge in [0.15, 0.2) is 0 Å². The van der Waals surface area contributed by atoms with Gasteiger partial charge in [-0.05, 0) is 47.7 Å². The summed E-state index contributed by atoms with van der Waals surface area (Å²) in [5.74, 6) is -0.794. The molecule has 1 unspecified atom stereocenters. The van der Waals surface area contributed by atoms with E-state index in [9.17, 15) is 14.7 Å². The van der Waals surface area contributed by atoms with Gasteiger partial charge in [-0.3, -0.25) is 9.59 Å². The lowest BCUT2D eigenvalue weighted by molar-refractivity contribution is -0.140. The fraction of sp³-hybridized carbons (Fsp3) is 0.200. The highest BCUT2D eigenvalue weighted by Gasteiger charge is 2.46. The van der Waals surface area contributed by atoms with Crippen molar-refractivity contribution in [2.75, 3.05) is 14.2 Å². The van der Waals surface area contributed by atoms with Crippen molar-refractivity contribution in [1.82, 2.24) is 4.90 Å². The first-order chi connectivity index (χ1) is 15.5. The topological polar surface area (TPSA) is 76.1 Å². The van der Waals surface area contributed by atoms with Gasteiger partial charge in [-0.1, -0.05) is 30.3 Å². The van der Waals surface area contributed by atoms with E-state index in [-0.39, 0.29) is 17.9 Å². The highest BCUT2D eigenvalue weighted by Crippen LogP contribution is 2.43.